The zero-order valence-corrected chi connectivity index (χ0v) is 18.4. The fourth-order valence-electron chi connectivity index (χ4n) is 4.05. The van der Waals surface area contributed by atoms with Gasteiger partial charge < -0.3 is 5.32 Å². The number of allylic oxidation sites excluding steroid dienone is 2. The van der Waals surface area contributed by atoms with Gasteiger partial charge in [-0.05, 0) is 61.1 Å². The SMILES string of the molecule is O=C(NC1CCC=C(c2ccnc3c(C(F)(F)F)cccc23)CC1)c1cccc(Cl)c1Cl. The molecule has 1 amide bonds. The lowest BCUT2D eigenvalue weighted by Gasteiger charge is -2.18. The van der Waals surface area contributed by atoms with E-state index >= 15 is 0 Å². The Labute approximate surface area is 193 Å². The Morgan fingerprint density at radius 2 is 1.84 bits per heavy atom. The van der Waals surface area contributed by atoms with E-state index in [1.54, 1.807) is 30.3 Å². The number of hydrogen-bond donors (Lipinski definition) is 1. The van der Waals surface area contributed by atoms with Crippen molar-refractivity contribution in [2.45, 2.75) is 37.9 Å². The molecule has 1 aromatic heterocycles. The molecule has 3 aromatic rings. The first kappa shape index (κ1) is 22.6. The minimum atomic E-state index is -4.47. The topological polar surface area (TPSA) is 42.0 Å². The summed E-state index contributed by atoms with van der Waals surface area (Å²) in [5, 5.41) is 4.00. The summed E-state index contributed by atoms with van der Waals surface area (Å²) >= 11 is 12.2. The van der Waals surface area contributed by atoms with Gasteiger partial charge in [-0.1, -0.05) is 47.5 Å². The normalized spacial score (nSPS) is 17.0. The van der Waals surface area contributed by atoms with Gasteiger partial charge in [-0.15, -0.1) is 0 Å². The molecule has 1 aliphatic rings. The van der Waals surface area contributed by atoms with E-state index in [0.29, 0.717) is 41.7 Å². The van der Waals surface area contributed by atoms with Crippen LogP contribution in [0.3, 0.4) is 0 Å². The number of amides is 1. The largest absolute Gasteiger partial charge is 0.418 e. The predicted octanol–water partition coefficient (Wildman–Crippen LogP) is 7.32. The van der Waals surface area contributed by atoms with E-state index < -0.39 is 11.7 Å². The molecule has 0 radical (unpaired) electrons. The van der Waals surface area contributed by atoms with Crippen molar-refractivity contribution in [2.75, 3.05) is 0 Å². The molecule has 166 valence electrons. The molecule has 32 heavy (non-hydrogen) atoms. The van der Waals surface area contributed by atoms with Crippen LogP contribution in [-0.4, -0.2) is 16.9 Å². The summed E-state index contributed by atoms with van der Waals surface area (Å²) in [6, 6.07) is 10.7. The monoisotopic (exact) mass is 478 g/mol. The van der Waals surface area contributed by atoms with Gasteiger partial charge in [0.2, 0.25) is 0 Å². The molecule has 0 saturated carbocycles. The number of para-hydroxylation sites is 1. The van der Waals surface area contributed by atoms with Gasteiger partial charge in [0, 0.05) is 17.6 Å². The molecule has 0 spiro atoms. The molecule has 0 bridgehead atoms. The van der Waals surface area contributed by atoms with Gasteiger partial charge in [0.25, 0.3) is 5.91 Å². The van der Waals surface area contributed by atoms with E-state index in [1.807, 2.05) is 6.08 Å². The summed E-state index contributed by atoms with van der Waals surface area (Å²) in [7, 11) is 0. The lowest BCUT2D eigenvalue weighted by atomic mass is 9.96. The summed E-state index contributed by atoms with van der Waals surface area (Å²) in [6.45, 7) is 0. The van der Waals surface area contributed by atoms with Gasteiger partial charge in [0.1, 0.15) is 0 Å². The Morgan fingerprint density at radius 1 is 1.06 bits per heavy atom. The maximum Gasteiger partial charge on any atom is 0.418 e. The zero-order valence-electron chi connectivity index (χ0n) is 16.8. The standard InChI is InChI=1S/C24H19Cl2F3N2O/c25-20-9-3-7-18(21(20)26)23(32)31-15-5-1-4-14(10-11-15)16-12-13-30-22-17(16)6-2-8-19(22)24(27,28)29/h2-4,6-9,12-13,15H,1,5,10-11H2,(H,31,32). The highest BCUT2D eigenvalue weighted by Crippen LogP contribution is 2.37. The van der Waals surface area contributed by atoms with Crippen molar-refractivity contribution in [2.24, 2.45) is 0 Å². The van der Waals surface area contributed by atoms with Crippen molar-refractivity contribution in [1.29, 1.82) is 0 Å². The molecule has 0 fully saturated rings. The molecule has 4 rings (SSSR count). The van der Waals surface area contributed by atoms with E-state index in [4.69, 9.17) is 23.2 Å². The van der Waals surface area contributed by atoms with Gasteiger partial charge in [0.15, 0.2) is 0 Å². The van der Waals surface area contributed by atoms with Crippen LogP contribution in [0.2, 0.25) is 10.0 Å². The molecule has 3 nitrogen and oxygen atoms in total. The third-order valence-electron chi connectivity index (χ3n) is 5.62. The highest BCUT2D eigenvalue weighted by Gasteiger charge is 2.33. The van der Waals surface area contributed by atoms with Crippen molar-refractivity contribution in [3.05, 3.63) is 81.5 Å². The first-order valence-corrected chi connectivity index (χ1v) is 10.9. The first-order chi connectivity index (χ1) is 15.3. The molecule has 1 heterocycles. The second-order valence-corrected chi connectivity index (χ2v) is 8.46. The minimum Gasteiger partial charge on any atom is -0.349 e. The lowest BCUT2D eigenvalue weighted by molar-refractivity contribution is -0.136. The van der Waals surface area contributed by atoms with Crippen molar-refractivity contribution in [3.8, 4) is 0 Å². The number of carbonyl (C=O) groups excluding carboxylic acids is 1. The van der Waals surface area contributed by atoms with E-state index in [9.17, 15) is 18.0 Å². The molecule has 0 saturated heterocycles. The van der Waals surface area contributed by atoms with Crippen LogP contribution in [0, 0.1) is 0 Å². The van der Waals surface area contributed by atoms with E-state index in [1.165, 1.54) is 12.3 Å². The molecule has 1 aliphatic carbocycles. The molecule has 1 atom stereocenters. The highest BCUT2D eigenvalue weighted by molar-refractivity contribution is 6.43. The number of carbonyl (C=O) groups is 1. The molecule has 1 N–H and O–H groups in total. The van der Waals surface area contributed by atoms with Gasteiger partial charge >= 0.3 is 6.18 Å². The molecule has 8 heteroatoms. The van der Waals surface area contributed by atoms with Crippen LogP contribution in [0.5, 0.6) is 0 Å². The third kappa shape index (κ3) is 4.62. The number of nitrogens with zero attached hydrogens (tertiary/aromatic N) is 1. The Morgan fingerprint density at radius 3 is 2.62 bits per heavy atom. The van der Waals surface area contributed by atoms with Crippen LogP contribution in [0.1, 0.15) is 47.2 Å². The Balaban J connectivity index is 1.54. The van der Waals surface area contributed by atoms with E-state index in [-0.39, 0.29) is 22.5 Å². The quantitative estimate of drug-likeness (QED) is 0.428. The first-order valence-electron chi connectivity index (χ1n) is 10.1. The van der Waals surface area contributed by atoms with Crippen molar-refractivity contribution < 1.29 is 18.0 Å². The number of alkyl halides is 3. The molecular formula is C24H19Cl2F3N2O. The number of benzene rings is 2. The maximum atomic E-state index is 13.4. The van der Waals surface area contributed by atoms with Crippen LogP contribution in [0.4, 0.5) is 13.2 Å². The third-order valence-corrected chi connectivity index (χ3v) is 6.44. The van der Waals surface area contributed by atoms with Gasteiger partial charge in [-0.2, -0.15) is 13.2 Å². The van der Waals surface area contributed by atoms with Gasteiger partial charge in [0.05, 0.1) is 26.7 Å². The number of pyridine rings is 1. The Kier molecular flexibility index (Phi) is 6.45. The fourth-order valence-corrected chi connectivity index (χ4v) is 4.44. The lowest BCUT2D eigenvalue weighted by Crippen LogP contribution is -2.34. The van der Waals surface area contributed by atoms with Crippen LogP contribution in [0.25, 0.3) is 16.5 Å². The molecule has 0 aliphatic heterocycles. The second-order valence-electron chi connectivity index (χ2n) is 7.68. The Hall–Kier alpha value is -2.57. The highest BCUT2D eigenvalue weighted by atomic mass is 35.5. The van der Waals surface area contributed by atoms with Gasteiger partial charge in [-0.3, -0.25) is 9.78 Å². The average molecular weight is 479 g/mol. The number of fused-ring (bicyclic) bond motifs is 1. The summed E-state index contributed by atoms with van der Waals surface area (Å²) in [4.78, 5) is 16.7. The summed E-state index contributed by atoms with van der Waals surface area (Å²) in [5.41, 5.74) is 1.22. The summed E-state index contributed by atoms with van der Waals surface area (Å²) < 4.78 is 40.2. The van der Waals surface area contributed by atoms with Crippen molar-refractivity contribution in [1.82, 2.24) is 10.3 Å². The van der Waals surface area contributed by atoms with Crippen LogP contribution in [-0.2, 0) is 6.18 Å². The second kappa shape index (κ2) is 9.12. The van der Waals surface area contributed by atoms with E-state index in [0.717, 1.165) is 17.2 Å². The van der Waals surface area contributed by atoms with Crippen LogP contribution < -0.4 is 5.32 Å². The predicted molar refractivity (Wildman–Crippen MR) is 121 cm³/mol. The molecular weight excluding hydrogens is 460 g/mol. The number of rotatable bonds is 3. The number of hydrogen-bond acceptors (Lipinski definition) is 2. The van der Waals surface area contributed by atoms with Gasteiger partial charge in [-0.25, -0.2) is 0 Å². The number of nitrogens with one attached hydrogen (secondary N) is 1. The zero-order chi connectivity index (χ0) is 22.9. The Bertz CT molecular complexity index is 1210. The minimum absolute atomic E-state index is 0.0527. The fraction of sp³-hybridized carbons (Fsp3) is 0.250. The smallest absolute Gasteiger partial charge is 0.349 e. The van der Waals surface area contributed by atoms with Crippen molar-refractivity contribution in [3.63, 3.8) is 0 Å². The van der Waals surface area contributed by atoms with Crippen LogP contribution >= 0.6 is 23.2 Å². The summed E-state index contributed by atoms with van der Waals surface area (Å²) in [6.07, 6.45) is 1.64. The van der Waals surface area contributed by atoms with Crippen molar-refractivity contribution >= 4 is 45.6 Å². The average Bonchev–Trinajstić information content (AvgIpc) is 2.99. The maximum absolute atomic E-state index is 13.4. The number of aromatic nitrogens is 1. The summed E-state index contributed by atoms with van der Waals surface area (Å²) in [5.74, 6) is -0.296. The number of halogens is 5. The molecule has 2 aromatic carbocycles. The van der Waals surface area contributed by atoms with Crippen LogP contribution in [0.15, 0.2) is 54.7 Å². The molecule has 1 unspecified atom stereocenters. The van der Waals surface area contributed by atoms with E-state index in [2.05, 4.69) is 10.3 Å².